The molecule has 0 spiro atoms. The van der Waals surface area contributed by atoms with Crippen molar-refractivity contribution in [1.82, 2.24) is 10.6 Å². The van der Waals surface area contributed by atoms with Crippen LogP contribution in [0.3, 0.4) is 0 Å². The molecule has 98 valence electrons. The summed E-state index contributed by atoms with van der Waals surface area (Å²) < 4.78 is 0. The van der Waals surface area contributed by atoms with Crippen molar-refractivity contribution in [3.8, 4) is 0 Å². The van der Waals surface area contributed by atoms with Gasteiger partial charge >= 0.3 is 0 Å². The van der Waals surface area contributed by atoms with E-state index < -0.39 is 0 Å². The third-order valence-corrected chi connectivity index (χ3v) is 2.54. The summed E-state index contributed by atoms with van der Waals surface area (Å²) in [6.45, 7) is 0. The lowest BCUT2D eigenvalue weighted by Crippen LogP contribution is -2.42. The van der Waals surface area contributed by atoms with Crippen molar-refractivity contribution in [2.75, 3.05) is 10.9 Å². The van der Waals surface area contributed by atoms with Gasteiger partial charge in [0, 0.05) is 0 Å². The fraction of sp³-hybridized carbons (Fsp3) is 0. The molecule has 0 atom stereocenters. The van der Waals surface area contributed by atoms with Gasteiger partial charge in [-0.1, -0.05) is 36.4 Å². The Morgan fingerprint density at radius 1 is 0.895 bits per heavy atom. The lowest BCUT2D eigenvalue weighted by molar-refractivity contribution is 0.662. The highest BCUT2D eigenvalue weighted by Gasteiger charge is 1.98. The maximum absolute atomic E-state index is 11.7. The number of hydroxylamine groups is 1. The fourth-order valence-corrected chi connectivity index (χ4v) is 1.48. The molecule has 3 N–H and O–H groups in total. The Morgan fingerprint density at radius 3 is 2.00 bits per heavy atom. The lowest BCUT2D eigenvalue weighted by atomic mass is 10.3. The van der Waals surface area contributed by atoms with Crippen LogP contribution in [-0.2, 0) is 0 Å². The predicted molar refractivity (Wildman–Crippen MR) is 81.1 cm³/mol. The molecule has 0 amide bonds. The number of hydrogen-bond acceptors (Lipinski definition) is 4. The molecule has 2 aromatic carbocycles. The number of nitrogens with zero attached hydrogens (tertiary/aromatic N) is 1. The van der Waals surface area contributed by atoms with Gasteiger partial charge in [-0.15, -0.1) is 0 Å². The second-order valence-electron chi connectivity index (χ2n) is 3.69. The molecule has 0 aliphatic heterocycles. The first-order chi connectivity index (χ1) is 9.25. The minimum Gasteiger partial charge on any atom is -0.737 e. The molecule has 0 heterocycles. The topological polar surface area (TPSA) is 62.4 Å². The van der Waals surface area contributed by atoms with Crippen LogP contribution in [0.5, 0.6) is 0 Å². The molecule has 0 aliphatic rings. The summed E-state index contributed by atoms with van der Waals surface area (Å²) in [5.41, 5.74) is 9.59. The normalized spacial score (nSPS) is 9.53. The molecule has 19 heavy (non-hydrogen) atoms. The molecule has 2 aromatic rings. The van der Waals surface area contributed by atoms with Crippen LogP contribution in [0.1, 0.15) is 0 Å². The molecule has 0 aromatic heterocycles. The number of para-hydroxylation sites is 2. The Labute approximate surface area is 116 Å². The van der Waals surface area contributed by atoms with Crippen molar-refractivity contribution in [2.45, 2.75) is 0 Å². The van der Waals surface area contributed by atoms with E-state index in [1.54, 1.807) is 12.1 Å². The van der Waals surface area contributed by atoms with Gasteiger partial charge in [-0.2, -0.15) is 0 Å². The lowest BCUT2D eigenvalue weighted by Gasteiger charge is -2.32. The van der Waals surface area contributed by atoms with Crippen LogP contribution in [-0.4, -0.2) is 10.3 Å². The van der Waals surface area contributed by atoms with Crippen LogP contribution in [0.25, 0.3) is 0 Å². The Kier molecular flexibility index (Phi) is 4.54. The van der Waals surface area contributed by atoms with Crippen molar-refractivity contribution >= 4 is 28.7 Å². The standard InChI is InChI=1S/C13H13N4OS/c18-17(16-12-9-5-2-6-10-12)13(19)15-14-11-7-3-1-4-8-11/h1-10,14,16H,(H,15,19)/q-1. The van der Waals surface area contributed by atoms with Gasteiger partial charge in [-0.3, -0.25) is 10.9 Å². The average molecular weight is 273 g/mol. The van der Waals surface area contributed by atoms with Gasteiger partial charge in [-0.25, -0.2) is 0 Å². The number of benzene rings is 2. The summed E-state index contributed by atoms with van der Waals surface area (Å²) in [6, 6.07) is 18.5. The van der Waals surface area contributed by atoms with E-state index in [0.29, 0.717) is 10.9 Å². The summed E-state index contributed by atoms with van der Waals surface area (Å²) in [6.07, 6.45) is 0. The zero-order chi connectivity index (χ0) is 13.5. The minimum absolute atomic E-state index is 0.00675. The zero-order valence-electron chi connectivity index (χ0n) is 10.0. The molecule has 0 saturated carbocycles. The quantitative estimate of drug-likeness (QED) is 0.588. The van der Waals surface area contributed by atoms with Crippen LogP contribution in [0, 0.1) is 5.21 Å². The van der Waals surface area contributed by atoms with Gasteiger partial charge in [-0.05, 0) is 36.5 Å². The number of hydrogen-bond donors (Lipinski definition) is 3. The largest absolute Gasteiger partial charge is 0.737 e. The summed E-state index contributed by atoms with van der Waals surface area (Å²) in [7, 11) is 0. The maximum Gasteiger partial charge on any atom is 0.196 e. The molecule has 2 rings (SSSR count). The van der Waals surface area contributed by atoms with E-state index >= 15 is 0 Å². The molecule has 5 nitrogen and oxygen atoms in total. The SMILES string of the molecule is [O-]N(Nc1ccccc1)C(=S)NNc1ccccc1. The molecule has 0 saturated heterocycles. The Bertz CT molecular complexity index is 521. The molecule has 0 radical (unpaired) electrons. The first kappa shape index (κ1) is 13.1. The smallest absolute Gasteiger partial charge is 0.196 e. The summed E-state index contributed by atoms with van der Waals surface area (Å²) in [5.74, 6) is 0. The van der Waals surface area contributed by atoms with Crippen LogP contribution in [0.4, 0.5) is 11.4 Å². The van der Waals surface area contributed by atoms with E-state index in [-0.39, 0.29) is 5.11 Å². The highest BCUT2D eigenvalue weighted by atomic mass is 32.1. The van der Waals surface area contributed by atoms with Crippen LogP contribution in [0.2, 0.25) is 0 Å². The number of rotatable bonds is 4. The van der Waals surface area contributed by atoms with Gasteiger partial charge < -0.3 is 15.8 Å². The number of hydrazine groups is 2. The van der Waals surface area contributed by atoms with Crippen molar-refractivity contribution in [1.29, 1.82) is 0 Å². The molecular weight excluding hydrogens is 260 g/mol. The Balaban J connectivity index is 1.83. The third-order valence-electron chi connectivity index (χ3n) is 2.28. The molecule has 0 unspecified atom stereocenters. The zero-order valence-corrected chi connectivity index (χ0v) is 10.9. The van der Waals surface area contributed by atoms with Crippen LogP contribution in [0.15, 0.2) is 60.7 Å². The van der Waals surface area contributed by atoms with Crippen molar-refractivity contribution < 1.29 is 0 Å². The fourth-order valence-electron chi connectivity index (χ4n) is 1.38. The van der Waals surface area contributed by atoms with Gasteiger partial charge in [0.25, 0.3) is 0 Å². The van der Waals surface area contributed by atoms with Gasteiger partial charge in [0.05, 0.1) is 11.4 Å². The molecular formula is C13H13N4OS-. The van der Waals surface area contributed by atoms with E-state index in [0.717, 1.165) is 5.69 Å². The summed E-state index contributed by atoms with van der Waals surface area (Å²) in [5, 5.41) is 12.2. The minimum atomic E-state index is -0.00675. The first-order valence-corrected chi connectivity index (χ1v) is 6.06. The molecule has 0 bridgehead atoms. The number of anilines is 2. The summed E-state index contributed by atoms with van der Waals surface area (Å²) in [4.78, 5) is 0. The Morgan fingerprint density at radius 2 is 1.42 bits per heavy atom. The second kappa shape index (κ2) is 6.58. The summed E-state index contributed by atoms with van der Waals surface area (Å²) >= 11 is 4.95. The second-order valence-corrected chi connectivity index (χ2v) is 4.08. The first-order valence-electron chi connectivity index (χ1n) is 5.66. The van der Waals surface area contributed by atoms with E-state index in [1.165, 1.54) is 0 Å². The predicted octanol–water partition coefficient (Wildman–Crippen LogP) is 2.71. The highest BCUT2D eigenvalue weighted by molar-refractivity contribution is 7.80. The van der Waals surface area contributed by atoms with E-state index in [1.807, 2.05) is 48.5 Å². The third kappa shape index (κ3) is 4.13. The monoisotopic (exact) mass is 273 g/mol. The van der Waals surface area contributed by atoms with E-state index in [9.17, 15) is 5.21 Å². The molecule has 6 heteroatoms. The van der Waals surface area contributed by atoms with Crippen LogP contribution < -0.4 is 16.3 Å². The van der Waals surface area contributed by atoms with Crippen molar-refractivity contribution in [2.24, 2.45) is 0 Å². The number of nitrogens with one attached hydrogen (secondary N) is 3. The van der Waals surface area contributed by atoms with Crippen molar-refractivity contribution in [3.05, 3.63) is 65.9 Å². The van der Waals surface area contributed by atoms with Gasteiger partial charge in [0.2, 0.25) is 0 Å². The van der Waals surface area contributed by atoms with Gasteiger partial charge in [0.1, 0.15) is 0 Å². The average Bonchev–Trinajstić information content (AvgIpc) is 2.47. The van der Waals surface area contributed by atoms with Gasteiger partial charge in [0.15, 0.2) is 5.11 Å². The van der Waals surface area contributed by atoms with E-state index in [4.69, 9.17) is 12.2 Å². The van der Waals surface area contributed by atoms with Crippen molar-refractivity contribution in [3.63, 3.8) is 0 Å². The number of thiocarbonyl (C=S) groups is 1. The molecule has 0 fully saturated rings. The molecule has 0 aliphatic carbocycles. The maximum atomic E-state index is 11.7. The highest BCUT2D eigenvalue weighted by Crippen LogP contribution is 2.06. The van der Waals surface area contributed by atoms with Crippen LogP contribution >= 0.6 is 12.2 Å². The van der Waals surface area contributed by atoms with E-state index in [2.05, 4.69) is 16.3 Å². The Hall–Kier alpha value is -2.31.